The van der Waals surface area contributed by atoms with E-state index in [0.29, 0.717) is 22.6 Å². The van der Waals surface area contributed by atoms with E-state index in [-0.39, 0.29) is 18.7 Å². The van der Waals surface area contributed by atoms with Crippen LogP contribution in [-0.4, -0.2) is 28.8 Å². The van der Waals surface area contributed by atoms with Crippen LogP contribution >= 0.6 is 0 Å². The molecule has 2 unspecified atom stereocenters. The largest absolute Gasteiger partial charge is 0.467 e. The molecule has 1 saturated heterocycles. The summed E-state index contributed by atoms with van der Waals surface area (Å²) >= 11 is 0. The molecule has 0 spiro atoms. The van der Waals surface area contributed by atoms with E-state index in [1.165, 1.54) is 59.7 Å². The van der Waals surface area contributed by atoms with E-state index in [4.69, 9.17) is 9.15 Å². The number of nitrogens with one attached hydrogen (secondary N) is 2. The van der Waals surface area contributed by atoms with Crippen LogP contribution in [-0.2, 0) is 22.6 Å². The zero-order valence-electron chi connectivity index (χ0n) is 20.5. The molecule has 1 aliphatic heterocycles. The lowest BCUT2D eigenvalue weighted by molar-refractivity contribution is -0.126. The van der Waals surface area contributed by atoms with Crippen molar-refractivity contribution >= 4 is 23.6 Å². The second-order valence-corrected chi connectivity index (χ2v) is 8.89. The molecule has 10 heteroatoms. The van der Waals surface area contributed by atoms with E-state index in [1.807, 2.05) is 0 Å². The highest BCUT2D eigenvalue weighted by molar-refractivity contribution is 6.04. The molecule has 8 nitrogen and oxygen atoms in total. The quantitative estimate of drug-likeness (QED) is 0.326. The maximum Gasteiger partial charge on any atom is 0.411 e. The summed E-state index contributed by atoms with van der Waals surface area (Å²) in [4.78, 5) is 40.3. The average molecular weight is 532 g/mol. The van der Waals surface area contributed by atoms with Crippen LogP contribution in [0.4, 0.5) is 19.3 Å². The standard InChI is InChI=1S/C29H23F2N3O5/c30-21-10-6-18(7-11-21)17-34-25(28(36)32-16-24-5-2-14-38-24)26(39-29(34)37)20-3-1-4-23(15-20)33-27(35)19-8-12-22(31)13-9-19/h1-15,25-26H,16-17H2,(H,32,36)(H,33,35). The highest BCUT2D eigenvalue weighted by Crippen LogP contribution is 2.35. The number of nitrogens with zero attached hydrogens (tertiary/aromatic N) is 1. The van der Waals surface area contributed by atoms with Crippen LogP contribution in [0.3, 0.4) is 0 Å². The topological polar surface area (TPSA) is 101 Å². The van der Waals surface area contributed by atoms with Gasteiger partial charge in [-0.25, -0.2) is 13.6 Å². The smallest absolute Gasteiger partial charge is 0.411 e. The van der Waals surface area contributed by atoms with E-state index >= 15 is 0 Å². The van der Waals surface area contributed by atoms with Crippen LogP contribution < -0.4 is 10.6 Å². The Labute approximate surface area is 222 Å². The highest BCUT2D eigenvalue weighted by Gasteiger charge is 2.47. The third-order valence-corrected chi connectivity index (χ3v) is 6.22. The molecule has 39 heavy (non-hydrogen) atoms. The van der Waals surface area contributed by atoms with E-state index < -0.39 is 41.7 Å². The Balaban J connectivity index is 1.40. The number of benzene rings is 3. The fourth-order valence-electron chi connectivity index (χ4n) is 4.29. The molecule has 1 aliphatic rings. The van der Waals surface area contributed by atoms with Crippen molar-refractivity contribution in [2.75, 3.05) is 5.32 Å². The number of furan rings is 1. The van der Waals surface area contributed by atoms with Gasteiger partial charge in [-0.05, 0) is 71.8 Å². The zero-order chi connectivity index (χ0) is 27.4. The molecule has 0 bridgehead atoms. The van der Waals surface area contributed by atoms with Crippen LogP contribution in [0.5, 0.6) is 0 Å². The molecule has 3 aromatic carbocycles. The molecule has 198 valence electrons. The SMILES string of the molecule is O=C(Nc1cccc(C2OC(=O)N(Cc3ccc(F)cc3)C2C(=O)NCc2ccco2)c1)c1ccc(F)cc1. The van der Waals surface area contributed by atoms with E-state index in [1.54, 1.807) is 36.4 Å². The molecule has 2 atom stereocenters. The normalized spacial score (nSPS) is 16.6. The van der Waals surface area contributed by atoms with Gasteiger partial charge in [0, 0.05) is 11.3 Å². The number of carbonyl (C=O) groups excluding carboxylic acids is 3. The van der Waals surface area contributed by atoms with Gasteiger partial charge in [-0.2, -0.15) is 0 Å². The number of halogens is 2. The van der Waals surface area contributed by atoms with Gasteiger partial charge >= 0.3 is 6.09 Å². The summed E-state index contributed by atoms with van der Waals surface area (Å²) in [5.41, 5.74) is 1.73. The Morgan fingerprint density at radius 2 is 1.62 bits per heavy atom. The molecule has 1 aromatic heterocycles. The minimum atomic E-state index is -1.07. The number of hydrogen-bond acceptors (Lipinski definition) is 5. The molecule has 5 rings (SSSR count). The molecule has 4 aromatic rings. The predicted octanol–water partition coefficient (Wildman–Crippen LogP) is 5.19. The average Bonchev–Trinajstić information content (AvgIpc) is 3.57. The fourth-order valence-corrected chi connectivity index (χ4v) is 4.29. The maximum absolute atomic E-state index is 13.4. The van der Waals surface area contributed by atoms with Gasteiger partial charge in [0.2, 0.25) is 5.91 Å². The van der Waals surface area contributed by atoms with Crippen LogP contribution in [0.2, 0.25) is 0 Å². The summed E-state index contributed by atoms with van der Waals surface area (Å²) in [7, 11) is 0. The summed E-state index contributed by atoms with van der Waals surface area (Å²) in [6.45, 7) is 0.108. The lowest BCUT2D eigenvalue weighted by atomic mass is 10.00. The van der Waals surface area contributed by atoms with Crippen molar-refractivity contribution in [2.45, 2.75) is 25.2 Å². The monoisotopic (exact) mass is 531 g/mol. The Hall–Kier alpha value is -4.99. The van der Waals surface area contributed by atoms with E-state index in [2.05, 4.69) is 10.6 Å². The summed E-state index contributed by atoms with van der Waals surface area (Å²) in [6, 6.07) is 19.6. The Kier molecular flexibility index (Phi) is 7.35. The molecule has 2 N–H and O–H groups in total. The molecule has 3 amide bonds. The van der Waals surface area contributed by atoms with Crippen molar-refractivity contribution in [1.82, 2.24) is 10.2 Å². The number of amides is 3. The van der Waals surface area contributed by atoms with Crippen molar-refractivity contribution in [3.8, 4) is 0 Å². The van der Waals surface area contributed by atoms with Crippen molar-refractivity contribution < 1.29 is 32.3 Å². The number of carbonyl (C=O) groups is 3. The molecular formula is C29H23F2N3O5. The van der Waals surface area contributed by atoms with Crippen LogP contribution in [0, 0.1) is 11.6 Å². The molecule has 0 saturated carbocycles. The molecule has 0 radical (unpaired) electrons. The Morgan fingerprint density at radius 3 is 2.31 bits per heavy atom. The number of ether oxygens (including phenoxy) is 1. The first-order valence-corrected chi connectivity index (χ1v) is 12.1. The molecule has 2 heterocycles. The van der Waals surface area contributed by atoms with Gasteiger partial charge in [0.25, 0.3) is 5.91 Å². The molecular weight excluding hydrogens is 508 g/mol. The maximum atomic E-state index is 13.4. The predicted molar refractivity (Wildman–Crippen MR) is 136 cm³/mol. The Bertz CT molecular complexity index is 1470. The Morgan fingerprint density at radius 1 is 0.897 bits per heavy atom. The van der Waals surface area contributed by atoms with Gasteiger partial charge in [0.1, 0.15) is 17.4 Å². The summed E-state index contributed by atoms with van der Waals surface area (Å²) in [5, 5.41) is 5.51. The number of rotatable bonds is 8. The summed E-state index contributed by atoms with van der Waals surface area (Å²) in [5.74, 6) is -1.29. The first-order chi connectivity index (χ1) is 18.9. The fraction of sp³-hybridized carbons (Fsp3) is 0.138. The third kappa shape index (κ3) is 5.96. The van der Waals surface area contributed by atoms with Crippen LogP contribution in [0.15, 0.2) is 95.6 Å². The first kappa shape index (κ1) is 25.7. The van der Waals surface area contributed by atoms with E-state index in [9.17, 15) is 23.2 Å². The number of anilines is 1. The van der Waals surface area contributed by atoms with Gasteiger partial charge in [-0.1, -0.05) is 24.3 Å². The minimum Gasteiger partial charge on any atom is -0.467 e. The highest BCUT2D eigenvalue weighted by atomic mass is 19.1. The zero-order valence-corrected chi connectivity index (χ0v) is 20.5. The van der Waals surface area contributed by atoms with Crippen molar-refractivity contribution in [3.05, 3.63) is 125 Å². The molecule has 0 aliphatic carbocycles. The van der Waals surface area contributed by atoms with Crippen molar-refractivity contribution in [2.24, 2.45) is 0 Å². The summed E-state index contributed by atoms with van der Waals surface area (Å²) in [6.07, 6.45) is -0.237. The van der Waals surface area contributed by atoms with E-state index in [0.717, 1.165) is 0 Å². The van der Waals surface area contributed by atoms with Gasteiger partial charge in [0.15, 0.2) is 12.1 Å². The van der Waals surface area contributed by atoms with Gasteiger partial charge in [-0.3, -0.25) is 14.5 Å². The first-order valence-electron chi connectivity index (χ1n) is 12.1. The number of hydrogen-bond donors (Lipinski definition) is 2. The molecule has 1 fully saturated rings. The van der Waals surface area contributed by atoms with Crippen molar-refractivity contribution in [1.29, 1.82) is 0 Å². The summed E-state index contributed by atoms with van der Waals surface area (Å²) < 4.78 is 37.6. The van der Waals surface area contributed by atoms with Gasteiger partial charge in [-0.15, -0.1) is 0 Å². The number of cyclic esters (lactones) is 1. The van der Waals surface area contributed by atoms with Crippen LogP contribution in [0.25, 0.3) is 0 Å². The third-order valence-electron chi connectivity index (χ3n) is 6.22. The van der Waals surface area contributed by atoms with Gasteiger partial charge in [0.05, 0.1) is 19.4 Å². The minimum absolute atomic E-state index is 0.00937. The van der Waals surface area contributed by atoms with Crippen molar-refractivity contribution in [3.63, 3.8) is 0 Å². The lowest BCUT2D eigenvalue weighted by Crippen LogP contribution is -2.46. The second-order valence-electron chi connectivity index (χ2n) is 8.89. The lowest BCUT2D eigenvalue weighted by Gasteiger charge is -2.24. The second kappa shape index (κ2) is 11.2. The van der Waals surface area contributed by atoms with Crippen LogP contribution in [0.1, 0.15) is 33.3 Å². The van der Waals surface area contributed by atoms with Gasteiger partial charge < -0.3 is 19.8 Å².